The second-order valence-corrected chi connectivity index (χ2v) is 8.66. The van der Waals surface area contributed by atoms with Crippen LogP contribution in [0.1, 0.15) is 42.1 Å². The number of benzene rings is 1. The molecule has 1 aliphatic heterocycles. The maximum atomic E-state index is 12.8. The summed E-state index contributed by atoms with van der Waals surface area (Å²) in [6.45, 7) is 2.82. The number of hydrogen-bond donors (Lipinski definition) is 2. The van der Waals surface area contributed by atoms with E-state index in [1.54, 1.807) is 40.9 Å². The Balaban J connectivity index is 1.66. The van der Waals surface area contributed by atoms with Gasteiger partial charge in [0.2, 0.25) is 11.8 Å². The van der Waals surface area contributed by atoms with Crippen LogP contribution in [0, 0.1) is 0 Å². The molecule has 1 atom stereocenters. The van der Waals surface area contributed by atoms with Crippen molar-refractivity contribution in [1.82, 2.24) is 25.3 Å². The monoisotopic (exact) mass is 475 g/mol. The van der Waals surface area contributed by atoms with Crippen LogP contribution in [0.2, 0.25) is 5.02 Å². The van der Waals surface area contributed by atoms with Gasteiger partial charge in [0.15, 0.2) is 0 Å². The van der Waals surface area contributed by atoms with E-state index < -0.39 is 0 Å². The Kier molecular flexibility index (Phi) is 8.71. The maximum absolute atomic E-state index is 12.8. The number of fused-ring (bicyclic) bond motifs is 1. The second-order valence-electron chi connectivity index (χ2n) is 8.22. The van der Waals surface area contributed by atoms with Crippen LogP contribution in [0.3, 0.4) is 0 Å². The number of hydrogen-bond acceptors (Lipinski definition) is 5. The molecule has 178 valence electrons. The predicted molar refractivity (Wildman–Crippen MR) is 124 cm³/mol. The summed E-state index contributed by atoms with van der Waals surface area (Å²) in [4.78, 5) is 39.7. The largest absolute Gasteiger partial charge is 0.491 e. The number of aryl methyl sites for hydroxylation is 2. The number of nitrogens with one attached hydrogen (secondary N) is 2. The Bertz CT molecular complexity index is 993. The molecular weight excluding hydrogens is 446 g/mol. The SMILES string of the molecule is C[C@H]1COc2ccc(Cl)cc2C(=O)NCCCCN(C(=O)CCc2cnn(C)c2)CC(=O)N1. The second kappa shape index (κ2) is 11.7. The van der Waals surface area contributed by atoms with Crippen LogP contribution in [0.4, 0.5) is 0 Å². The zero-order chi connectivity index (χ0) is 23.8. The molecule has 1 aromatic carbocycles. The molecule has 2 heterocycles. The quantitative estimate of drug-likeness (QED) is 0.705. The van der Waals surface area contributed by atoms with Crippen molar-refractivity contribution >= 4 is 29.3 Å². The molecule has 0 aliphatic carbocycles. The van der Waals surface area contributed by atoms with Gasteiger partial charge in [-0.25, -0.2) is 0 Å². The summed E-state index contributed by atoms with van der Waals surface area (Å²) in [5, 5.41) is 10.3. The first-order chi connectivity index (χ1) is 15.8. The Hall–Kier alpha value is -3.07. The van der Waals surface area contributed by atoms with Crippen molar-refractivity contribution < 1.29 is 19.1 Å². The van der Waals surface area contributed by atoms with Gasteiger partial charge in [-0.15, -0.1) is 0 Å². The van der Waals surface area contributed by atoms with Crippen molar-refractivity contribution in [1.29, 1.82) is 0 Å². The van der Waals surface area contributed by atoms with Crippen molar-refractivity contribution in [2.24, 2.45) is 7.05 Å². The molecule has 0 saturated carbocycles. The van der Waals surface area contributed by atoms with E-state index in [4.69, 9.17) is 16.3 Å². The molecule has 2 N–H and O–H groups in total. The summed E-state index contributed by atoms with van der Waals surface area (Å²) in [6, 6.07) is 4.55. The number of nitrogens with zero attached hydrogens (tertiary/aromatic N) is 3. The van der Waals surface area contributed by atoms with Gasteiger partial charge in [0, 0.05) is 37.8 Å². The molecule has 1 aliphatic rings. The molecule has 0 radical (unpaired) electrons. The zero-order valence-corrected chi connectivity index (χ0v) is 19.7. The first kappa shape index (κ1) is 24.6. The van der Waals surface area contributed by atoms with Gasteiger partial charge in [-0.1, -0.05) is 11.6 Å². The van der Waals surface area contributed by atoms with E-state index in [1.807, 2.05) is 13.2 Å². The van der Waals surface area contributed by atoms with Gasteiger partial charge in [-0.3, -0.25) is 19.1 Å². The highest BCUT2D eigenvalue weighted by molar-refractivity contribution is 6.31. The van der Waals surface area contributed by atoms with E-state index in [9.17, 15) is 14.4 Å². The maximum Gasteiger partial charge on any atom is 0.255 e. The third kappa shape index (κ3) is 7.49. The highest BCUT2D eigenvalue weighted by Gasteiger charge is 2.20. The fourth-order valence-corrected chi connectivity index (χ4v) is 3.75. The highest BCUT2D eigenvalue weighted by atomic mass is 35.5. The van der Waals surface area contributed by atoms with Crippen molar-refractivity contribution in [2.75, 3.05) is 26.2 Å². The molecule has 2 aromatic rings. The number of carbonyl (C=O) groups is 3. The van der Waals surface area contributed by atoms with Gasteiger partial charge in [0.25, 0.3) is 5.91 Å². The first-order valence-electron chi connectivity index (χ1n) is 11.1. The van der Waals surface area contributed by atoms with Crippen LogP contribution >= 0.6 is 11.6 Å². The van der Waals surface area contributed by atoms with E-state index in [0.29, 0.717) is 55.1 Å². The average Bonchev–Trinajstić information content (AvgIpc) is 3.19. The third-order valence-electron chi connectivity index (χ3n) is 5.30. The van der Waals surface area contributed by atoms with Crippen molar-refractivity contribution in [2.45, 2.75) is 38.6 Å². The number of aromatic nitrogens is 2. The smallest absolute Gasteiger partial charge is 0.255 e. The first-order valence-corrected chi connectivity index (χ1v) is 11.4. The fourth-order valence-electron chi connectivity index (χ4n) is 3.58. The molecule has 0 spiro atoms. The number of rotatable bonds is 3. The summed E-state index contributed by atoms with van der Waals surface area (Å²) in [5.41, 5.74) is 1.32. The van der Waals surface area contributed by atoms with Crippen LogP contribution in [0.5, 0.6) is 5.75 Å². The minimum Gasteiger partial charge on any atom is -0.491 e. The molecule has 10 heteroatoms. The van der Waals surface area contributed by atoms with Gasteiger partial charge >= 0.3 is 0 Å². The number of ether oxygens (including phenoxy) is 1. The summed E-state index contributed by atoms with van der Waals surface area (Å²) >= 11 is 6.06. The Labute approximate surface area is 198 Å². The summed E-state index contributed by atoms with van der Waals surface area (Å²) < 4.78 is 7.49. The van der Waals surface area contributed by atoms with Crippen LogP contribution in [-0.2, 0) is 23.1 Å². The van der Waals surface area contributed by atoms with Gasteiger partial charge in [0.05, 0.1) is 24.3 Å². The average molecular weight is 476 g/mol. The normalized spacial score (nSPS) is 18.3. The van der Waals surface area contributed by atoms with Gasteiger partial charge in [-0.05, 0) is 49.9 Å². The van der Waals surface area contributed by atoms with E-state index in [-0.39, 0.29) is 36.9 Å². The predicted octanol–water partition coefficient (Wildman–Crippen LogP) is 1.94. The molecule has 33 heavy (non-hydrogen) atoms. The Morgan fingerprint density at radius 3 is 2.88 bits per heavy atom. The minimum absolute atomic E-state index is 0.0191. The minimum atomic E-state index is -0.318. The van der Waals surface area contributed by atoms with E-state index in [2.05, 4.69) is 15.7 Å². The molecule has 0 unspecified atom stereocenters. The van der Waals surface area contributed by atoms with Crippen molar-refractivity contribution in [3.05, 3.63) is 46.7 Å². The Morgan fingerprint density at radius 2 is 2.12 bits per heavy atom. The molecule has 0 saturated heterocycles. The Morgan fingerprint density at radius 1 is 1.30 bits per heavy atom. The number of carbonyl (C=O) groups excluding carboxylic acids is 3. The molecule has 0 fully saturated rings. The summed E-state index contributed by atoms with van der Waals surface area (Å²) in [5.74, 6) is -0.210. The van der Waals surface area contributed by atoms with E-state index >= 15 is 0 Å². The van der Waals surface area contributed by atoms with Gasteiger partial charge in [-0.2, -0.15) is 5.10 Å². The fraction of sp³-hybridized carbons (Fsp3) is 0.478. The molecule has 0 bridgehead atoms. The van der Waals surface area contributed by atoms with Crippen molar-refractivity contribution in [3.63, 3.8) is 0 Å². The van der Waals surface area contributed by atoms with E-state index in [1.165, 1.54) is 0 Å². The molecule has 1 aromatic heterocycles. The molecule has 9 nitrogen and oxygen atoms in total. The lowest BCUT2D eigenvalue weighted by atomic mass is 10.1. The van der Waals surface area contributed by atoms with Gasteiger partial charge < -0.3 is 20.3 Å². The van der Waals surface area contributed by atoms with Crippen LogP contribution in [0.15, 0.2) is 30.6 Å². The zero-order valence-electron chi connectivity index (χ0n) is 19.0. The number of halogens is 1. The van der Waals surface area contributed by atoms with Gasteiger partial charge in [0.1, 0.15) is 12.4 Å². The lowest BCUT2D eigenvalue weighted by Crippen LogP contribution is -2.45. The molecule has 3 rings (SSSR count). The van der Waals surface area contributed by atoms with Crippen molar-refractivity contribution in [3.8, 4) is 5.75 Å². The highest BCUT2D eigenvalue weighted by Crippen LogP contribution is 2.23. The molecular formula is C23H30ClN5O4. The third-order valence-corrected chi connectivity index (χ3v) is 5.53. The standard InChI is InChI=1S/C23H30ClN5O4/c1-16-15-33-20-7-6-18(24)11-19(20)23(32)25-9-3-4-10-29(14-21(30)27-16)22(31)8-5-17-12-26-28(2)13-17/h6-7,11-13,16H,3-5,8-10,14-15H2,1-2H3,(H,25,32)(H,27,30)/t16-/m0/s1. The van der Waals surface area contributed by atoms with E-state index in [0.717, 1.165) is 5.56 Å². The van der Waals surface area contributed by atoms with Crippen LogP contribution in [0.25, 0.3) is 0 Å². The lowest BCUT2D eigenvalue weighted by molar-refractivity contribution is -0.136. The van der Waals surface area contributed by atoms with Crippen LogP contribution < -0.4 is 15.4 Å². The van der Waals surface area contributed by atoms with Crippen LogP contribution in [-0.4, -0.2) is 64.7 Å². The summed E-state index contributed by atoms with van der Waals surface area (Å²) in [7, 11) is 1.83. The molecule has 3 amide bonds. The lowest BCUT2D eigenvalue weighted by Gasteiger charge is -2.23. The topological polar surface area (TPSA) is 106 Å². The number of amides is 3. The summed E-state index contributed by atoms with van der Waals surface area (Å²) in [6.07, 6.45) is 5.78.